The minimum atomic E-state index is -0.351. The molecule has 2 aromatic heterocycles. The average molecular weight is 536 g/mol. The van der Waals surface area contributed by atoms with E-state index in [2.05, 4.69) is 43.9 Å². The van der Waals surface area contributed by atoms with Crippen molar-refractivity contribution >= 4 is 45.1 Å². The van der Waals surface area contributed by atoms with Gasteiger partial charge in [0.2, 0.25) is 5.95 Å². The van der Waals surface area contributed by atoms with Crippen molar-refractivity contribution in [3.05, 3.63) is 87.5 Å². The zero-order valence-electron chi connectivity index (χ0n) is 17.6. The quantitative estimate of drug-likeness (QED) is 0.284. The Balaban J connectivity index is 1.95. The van der Waals surface area contributed by atoms with Gasteiger partial charge in [0.25, 0.3) is 5.56 Å². The smallest absolute Gasteiger partial charge is 0.263 e. The lowest BCUT2D eigenvalue weighted by Crippen LogP contribution is -2.26. The molecule has 1 atom stereocenters. The van der Waals surface area contributed by atoms with Gasteiger partial charge in [0.1, 0.15) is 17.5 Å². The molecule has 0 bridgehead atoms. The molecule has 160 valence electrons. The molecule has 0 unspecified atom stereocenters. The Morgan fingerprint density at radius 2 is 1.94 bits per heavy atom. The summed E-state index contributed by atoms with van der Waals surface area (Å²) < 4.78 is 2.45. The van der Waals surface area contributed by atoms with E-state index in [0.717, 1.165) is 26.8 Å². The Morgan fingerprint density at radius 1 is 1.19 bits per heavy atom. The van der Waals surface area contributed by atoms with E-state index in [1.807, 2.05) is 61.5 Å². The Kier molecular flexibility index (Phi) is 6.10. The van der Waals surface area contributed by atoms with E-state index in [1.165, 1.54) is 0 Å². The number of alkyl halides is 1. The summed E-state index contributed by atoms with van der Waals surface area (Å²) >= 11 is 2.28. The van der Waals surface area contributed by atoms with Gasteiger partial charge in [0, 0.05) is 15.8 Å². The van der Waals surface area contributed by atoms with Crippen LogP contribution in [0.3, 0.4) is 0 Å². The van der Waals surface area contributed by atoms with Crippen molar-refractivity contribution < 1.29 is 0 Å². The molecule has 0 aliphatic heterocycles. The van der Waals surface area contributed by atoms with Crippen molar-refractivity contribution in [3.8, 4) is 11.8 Å². The lowest BCUT2D eigenvalue weighted by Gasteiger charge is -2.22. The first-order chi connectivity index (χ1) is 15.4. The van der Waals surface area contributed by atoms with Gasteiger partial charge in [-0.25, -0.2) is 4.98 Å². The number of hydrogen-bond acceptors (Lipinski definition) is 6. The summed E-state index contributed by atoms with van der Waals surface area (Å²) in [4.78, 5) is 22.1. The Hall–Kier alpha value is -3.45. The van der Waals surface area contributed by atoms with E-state index < -0.39 is 0 Å². The highest BCUT2D eigenvalue weighted by Gasteiger charge is 2.20. The number of nitriles is 1. The molecule has 0 aliphatic rings. The van der Waals surface area contributed by atoms with Crippen LogP contribution in [0.2, 0.25) is 0 Å². The van der Waals surface area contributed by atoms with E-state index in [-0.39, 0.29) is 17.5 Å². The second-order valence-electron chi connectivity index (χ2n) is 7.43. The van der Waals surface area contributed by atoms with Crippen LogP contribution in [0, 0.1) is 18.3 Å². The number of pyridine rings is 1. The lowest BCUT2D eigenvalue weighted by atomic mass is 10.0. The minimum Gasteiger partial charge on any atom is -0.368 e. The Bertz CT molecular complexity index is 1410. The van der Waals surface area contributed by atoms with Crippen molar-refractivity contribution in [1.29, 1.82) is 5.26 Å². The maximum Gasteiger partial charge on any atom is 0.263 e. The van der Waals surface area contributed by atoms with Crippen molar-refractivity contribution in [2.24, 2.45) is 0 Å². The molecule has 7 nitrogen and oxygen atoms in total. The third-order valence-corrected chi connectivity index (χ3v) is 6.16. The number of nitrogens with zero attached hydrogens (tertiary/aromatic N) is 4. The molecule has 0 amide bonds. The van der Waals surface area contributed by atoms with Crippen molar-refractivity contribution in [2.45, 2.75) is 24.3 Å². The molecule has 32 heavy (non-hydrogen) atoms. The number of benzene rings is 2. The predicted molar refractivity (Wildman–Crippen MR) is 135 cm³/mol. The fourth-order valence-electron chi connectivity index (χ4n) is 3.84. The number of aryl methyl sites for hydroxylation is 1. The number of hydrogen-bond donors (Lipinski definition) is 2. The number of fused-ring (bicyclic) bond motifs is 1. The standard InChI is InChI=1S/C24H21IN6O/c1-14-19(13-26)22(30-24(27)29-14)28-15(2)20-11-16-7-6-8-17(12-25)21(16)23(32)31(20)18-9-4-3-5-10-18/h3-11,15H,12H2,1-2H3,(H3,27,28,29,30)/t15-/m0/s1. The maximum atomic E-state index is 13.8. The van der Waals surface area contributed by atoms with Gasteiger partial charge in [-0.05, 0) is 43.0 Å². The molecule has 0 saturated carbocycles. The lowest BCUT2D eigenvalue weighted by molar-refractivity contribution is 0.772. The van der Waals surface area contributed by atoms with E-state index in [0.29, 0.717) is 22.5 Å². The molecule has 2 aromatic carbocycles. The first-order valence-corrected chi connectivity index (χ1v) is 11.6. The molecule has 0 spiro atoms. The highest BCUT2D eigenvalue weighted by molar-refractivity contribution is 14.1. The Morgan fingerprint density at radius 3 is 2.62 bits per heavy atom. The second-order valence-corrected chi connectivity index (χ2v) is 8.19. The molecule has 0 aliphatic carbocycles. The van der Waals surface area contributed by atoms with Gasteiger partial charge < -0.3 is 11.1 Å². The first kappa shape index (κ1) is 21.8. The number of nitrogens with two attached hydrogens (primary N) is 1. The first-order valence-electron chi connectivity index (χ1n) is 10.0. The van der Waals surface area contributed by atoms with Crippen molar-refractivity contribution in [3.63, 3.8) is 0 Å². The number of anilines is 2. The maximum absolute atomic E-state index is 13.8. The van der Waals surface area contributed by atoms with Gasteiger partial charge in [0.15, 0.2) is 0 Å². The predicted octanol–water partition coefficient (Wildman–Crippen LogP) is 4.65. The van der Waals surface area contributed by atoms with Crippen LogP contribution in [0.4, 0.5) is 11.8 Å². The summed E-state index contributed by atoms with van der Waals surface area (Å²) in [6.07, 6.45) is 0. The van der Waals surface area contributed by atoms with Crippen LogP contribution >= 0.6 is 22.6 Å². The number of rotatable bonds is 5. The van der Waals surface area contributed by atoms with Crippen LogP contribution < -0.4 is 16.6 Å². The highest BCUT2D eigenvalue weighted by atomic mass is 127. The summed E-state index contributed by atoms with van der Waals surface area (Å²) in [6.45, 7) is 3.64. The number of aromatic nitrogens is 3. The zero-order valence-corrected chi connectivity index (χ0v) is 19.8. The summed E-state index contributed by atoms with van der Waals surface area (Å²) in [5.74, 6) is 0.431. The van der Waals surface area contributed by atoms with E-state index in [4.69, 9.17) is 5.73 Å². The highest BCUT2D eigenvalue weighted by Crippen LogP contribution is 2.27. The number of para-hydroxylation sites is 1. The van der Waals surface area contributed by atoms with Gasteiger partial charge in [-0.15, -0.1) is 0 Å². The zero-order chi connectivity index (χ0) is 22.8. The molecule has 0 fully saturated rings. The second kappa shape index (κ2) is 8.96. The molecule has 8 heteroatoms. The van der Waals surface area contributed by atoms with E-state index in [9.17, 15) is 10.1 Å². The molecular weight excluding hydrogens is 515 g/mol. The van der Waals surface area contributed by atoms with Crippen LogP contribution in [0.5, 0.6) is 0 Å². The molecular formula is C24H21IN6O. The fourth-order valence-corrected chi connectivity index (χ4v) is 4.47. The van der Waals surface area contributed by atoms with Gasteiger partial charge in [-0.2, -0.15) is 10.2 Å². The molecule has 3 N–H and O–H groups in total. The topological polar surface area (TPSA) is 110 Å². The van der Waals surface area contributed by atoms with Crippen LogP contribution in [-0.2, 0) is 4.43 Å². The van der Waals surface area contributed by atoms with Gasteiger partial charge in [-0.1, -0.05) is 59.0 Å². The van der Waals surface area contributed by atoms with Gasteiger partial charge in [0.05, 0.1) is 17.1 Å². The molecule has 0 radical (unpaired) electrons. The normalized spacial score (nSPS) is 11.8. The average Bonchev–Trinajstić information content (AvgIpc) is 2.78. The van der Waals surface area contributed by atoms with Gasteiger partial charge in [-0.3, -0.25) is 9.36 Å². The van der Waals surface area contributed by atoms with Crippen LogP contribution in [0.25, 0.3) is 16.5 Å². The van der Waals surface area contributed by atoms with Crippen molar-refractivity contribution in [2.75, 3.05) is 11.1 Å². The number of nitrogens with one attached hydrogen (secondary N) is 1. The summed E-state index contributed by atoms with van der Waals surface area (Å²) in [5, 5.41) is 14.4. The summed E-state index contributed by atoms with van der Waals surface area (Å²) in [5.41, 5.74) is 9.08. The molecule has 0 saturated heterocycles. The Labute approximate surface area is 199 Å². The molecule has 4 aromatic rings. The largest absolute Gasteiger partial charge is 0.368 e. The van der Waals surface area contributed by atoms with Crippen LogP contribution in [-0.4, -0.2) is 14.5 Å². The number of halogens is 1. The van der Waals surface area contributed by atoms with E-state index >= 15 is 0 Å². The summed E-state index contributed by atoms with van der Waals surface area (Å²) in [7, 11) is 0. The fraction of sp³-hybridized carbons (Fsp3) is 0.167. The third kappa shape index (κ3) is 3.91. The monoisotopic (exact) mass is 536 g/mol. The number of nitrogen functional groups attached to an aromatic ring is 1. The van der Waals surface area contributed by atoms with Crippen LogP contribution in [0.15, 0.2) is 59.4 Å². The minimum absolute atomic E-state index is 0.0801. The molecule has 2 heterocycles. The molecule has 4 rings (SSSR count). The van der Waals surface area contributed by atoms with E-state index in [1.54, 1.807) is 11.5 Å². The van der Waals surface area contributed by atoms with Gasteiger partial charge >= 0.3 is 0 Å². The van der Waals surface area contributed by atoms with Crippen molar-refractivity contribution in [1.82, 2.24) is 14.5 Å². The summed E-state index contributed by atoms with van der Waals surface area (Å²) in [6, 6.07) is 19.2. The third-order valence-electron chi connectivity index (χ3n) is 5.34. The van der Waals surface area contributed by atoms with Crippen LogP contribution in [0.1, 0.15) is 35.5 Å². The SMILES string of the molecule is Cc1nc(N)nc(N[C@@H](C)c2cc3cccc(CI)c3c(=O)n2-c2ccccc2)c1C#N.